The summed E-state index contributed by atoms with van der Waals surface area (Å²) in [6.07, 6.45) is 3.22. The van der Waals surface area contributed by atoms with E-state index in [1.807, 2.05) is 0 Å². The van der Waals surface area contributed by atoms with Crippen LogP contribution in [0.2, 0.25) is 0 Å². The van der Waals surface area contributed by atoms with Gasteiger partial charge in [0, 0.05) is 19.0 Å². The number of aliphatic hydroxyl groups is 1. The summed E-state index contributed by atoms with van der Waals surface area (Å²) in [6, 6.07) is 3.46. The molecule has 0 spiro atoms. The molecule has 72 valence electrons. The standard InChI is InChI=1S/C7H7NO2.C2H6O/c9-7(10)4-6-2-1-3-8-5-6;1-2-3/h1-3,5H,4H2,(H,9,10);3H,2H2,1H3. The van der Waals surface area contributed by atoms with Crippen molar-refractivity contribution in [1.29, 1.82) is 0 Å². The van der Waals surface area contributed by atoms with Crippen LogP contribution in [0.4, 0.5) is 0 Å². The number of aliphatic hydroxyl groups excluding tert-OH is 1. The first-order chi connectivity index (χ1) is 6.20. The molecule has 0 amide bonds. The summed E-state index contributed by atoms with van der Waals surface area (Å²) in [6.45, 7) is 1.93. The third-order valence-corrected chi connectivity index (χ3v) is 1.08. The van der Waals surface area contributed by atoms with Gasteiger partial charge in [0.15, 0.2) is 0 Å². The quantitative estimate of drug-likeness (QED) is 0.708. The highest BCUT2D eigenvalue weighted by atomic mass is 16.4. The van der Waals surface area contributed by atoms with Gasteiger partial charge in [-0.1, -0.05) is 6.07 Å². The third-order valence-electron chi connectivity index (χ3n) is 1.08. The van der Waals surface area contributed by atoms with Crippen LogP contribution in [0.5, 0.6) is 0 Å². The van der Waals surface area contributed by atoms with Crippen LogP contribution in [0.1, 0.15) is 12.5 Å². The Morgan fingerprint density at radius 2 is 2.23 bits per heavy atom. The molecule has 0 atom stereocenters. The van der Waals surface area contributed by atoms with Crippen molar-refractivity contribution >= 4 is 5.97 Å². The number of carboxylic acid groups (broad SMARTS) is 1. The van der Waals surface area contributed by atoms with Crippen molar-refractivity contribution in [3.8, 4) is 0 Å². The molecule has 0 bridgehead atoms. The fraction of sp³-hybridized carbons (Fsp3) is 0.333. The maximum Gasteiger partial charge on any atom is 0.307 e. The number of aromatic nitrogens is 1. The fourth-order valence-electron chi connectivity index (χ4n) is 0.677. The van der Waals surface area contributed by atoms with Crippen LogP contribution in [0.15, 0.2) is 24.5 Å². The molecule has 0 saturated carbocycles. The molecule has 1 heterocycles. The molecule has 13 heavy (non-hydrogen) atoms. The number of carboxylic acids is 1. The van der Waals surface area contributed by atoms with E-state index in [1.165, 1.54) is 0 Å². The molecule has 0 saturated heterocycles. The summed E-state index contributed by atoms with van der Waals surface area (Å²) in [5, 5.41) is 15.9. The highest BCUT2D eigenvalue weighted by Crippen LogP contribution is 1.95. The molecule has 2 N–H and O–H groups in total. The summed E-state index contributed by atoms with van der Waals surface area (Å²) in [5.74, 6) is -0.826. The van der Waals surface area contributed by atoms with Crippen molar-refractivity contribution in [1.82, 2.24) is 4.98 Å². The van der Waals surface area contributed by atoms with E-state index in [0.29, 0.717) is 0 Å². The summed E-state index contributed by atoms with van der Waals surface area (Å²) < 4.78 is 0. The average molecular weight is 183 g/mol. The third kappa shape index (κ3) is 6.96. The molecule has 0 aliphatic carbocycles. The number of nitrogens with zero attached hydrogens (tertiary/aromatic N) is 1. The van der Waals surface area contributed by atoms with E-state index in [4.69, 9.17) is 10.2 Å². The summed E-state index contributed by atoms with van der Waals surface area (Å²) in [5.41, 5.74) is 0.731. The highest BCUT2D eigenvalue weighted by Gasteiger charge is 1.97. The summed E-state index contributed by atoms with van der Waals surface area (Å²) in [4.78, 5) is 13.9. The van der Waals surface area contributed by atoms with Crippen molar-refractivity contribution in [2.75, 3.05) is 6.61 Å². The van der Waals surface area contributed by atoms with Gasteiger partial charge in [-0.15, -0.1) is 0 Å². The monoisotopic (exact) mass is 183 g/mol. The molecule has 1 aromatic rings. The van der Waals surface area contributed by atoms with Crippen LogP contribution in [0, 0.1) is 0 Å². The first-order valence-corrected chi connectivity index (χ1v) is 3.92. The second-order valence-corrected chi connectivity index (χ2v) is 2.25. The van der Waals surface area contributed by atoms with Gasteiger partial charge in [0.25, 0.3) is 0 Å². The molecule has 0 fully saturated rings. The summed E-state index contributed by atoms with van der Waals surface area (Å²) >= 11 is 0. The lowest BCUT2D eigenvalue weighted by atomic mass is 10.2. The van der Waals surface area contributed by atoms with Gasteiger partial charge >= 0.3 is 5.97 Å². The highest BCUT2D eigenvalue weighted by molar-refractivity contribution is 5.69. The van der Waals surface area contributed by atoms with Crippen molar-refractivity contribution in [2.24, 2.45) is 0 Å². The minimum absolute atomic E-state index is 0.0494. The Labute approximate surface area is 76.9 Å². The van der Waals surface area contributed by atoms with E-state index in [1.54, 1.807) is 31.5 Å². The Bertz CT molecular complexity index is 236. The fourth-order valence-corrected chi connectivity index (χ4v) is 0.677. The lowest BCUT2D eigenvalue weighted by Gasteiger charge is -1.91. The number of pyridine rings is 1. The van der Waals surface area contributed by atoms with E-state index in [9.17, 15) is 4.79 Å². The van der Waals surface area contributed by atoms with Crippen LogP contribution in [0.3, 0.4) is 0 Å². The molecule has 4 heteroatoms. The van der Waals surface area contributed by atoms with Gasteiger partial charge in [0.05, 0.1) is 6.42 Å². The summed E-state index contributed by atoms with van der Waals surface area (Å²) in [7, 11) is 0. The van der Waals surface area contributed by atoms with Crippen molar-refractivity contribution in [3.05, 3.63) is 30.1 Å². The van der Waals surface area contributed by atoms with Crippen LogP contribution in [0.25, 0.3) is 0 Å². The second-order valence-electron chi connectivity index (χ2n) is 2.25. The van der Waals surface area contributed by atoms with Crippen molar-refractivity contribution in [3.63, 3.8) is 0 Å². The van der Waals surface area contributed by atoms with E-state index in [-0.39, 0.29) is 13.0 Å². The Hall–Kier alpha value is -1.42. The van der Waals surface area contributed by atoms with Crippen LogP contribution in [-0.4, -0.2) is 27.8 Å². The number of rotatable bonds is 2. The number of hydrogen-bond acceptors (Lipinski definition) is 3. The number of aliphatic carboxylic acids is 1. The first-order valence-electron chi connectivity index (χ1n) is 3.92. The Morgan fingerprint density at radius 1 is 1.62 bits per heavy atom. The van der Waals surface area contributed by atoms with Gasteiger partial charge in [0.1, 0.15) is 0 Å². The SMILES string of the molecule is CCO.O=C(O)Cc1cccnc1. The van der Waals surface area contributed by atoms with Crippen LogP contribution in [-0.2, 0) is 11.2 Å². The zero-order chi connectivity index (χ0) is 10.1. The predicted molar refractivity (Wildman–Crippen MR) is 48.3 cm³/mol. The van der Waals surface area contributed by atoms with Gasteiger partial charge in [-0.25, -0.2) is 0 Å². The zero-order valence-electron chi connectivity index (χ0n) is 7.47. The molecule has 1 rings (SSSR count). The van der Waals surface area contributed by atoms with Gasteiger partial charge in [0.2, 0.25) is 0 Å². The van der Waals surface area contributed by atoms with E-state index in [2.05, 4.69) is 4.98 Å². The molecule has 0 aliphatic rings. The van der Waals surface area contributed by atoms with Crippen molar-refractivity contribution < 1.29 is 15.0 Å². The maximum atomic E-state index is 10.1. The molecular weight excluding hydrogens is 170 g/mol. The van der Waals surface area contributed by atoms with Gasteiger partial charge in [-0.2, -0.15) is 0 Å². The van der Waals surface area contributed by atoms with Crippen LogP contribution < -0.4 is 0 Å². The second kappa shape index (κ2) is 7.24. The van der Waals surface area contributed by atoms with Gasteiger partial charge in [-0.3, -0.25) is 9.78 Å². The first kappa shape index (κ1) is 11.6. The minimum atomic E-state index is -0.826. The van der Waals surface area contributed by atoms with E-state index in [0.717, 1.165) is 5.56 Å². The molecule has 0 radical (unpaired) electrons. The van der Waals surface area contributed by atoms with E-state index < -0.39 is 5.97 Å². The normalized spacial score (nSPS) is 8.46. The minimum Gasteiger partial charge on any atom is -0.481 e. The molecular formula is C9H13NO3. The lowest BCUT2D eigenvalue weighted by molar-refractivity contribution is -0.136. The zero-order valence-corrected chi connectivity index (χ0v) is 7.47. The maximum absolute atomic E-state index is 10.1. The van der Waals surface area contributed by atoms with Gasteiger partial charge in [-0.05, 0) is 18.6 Å². The number of hydrogen-bond donors (Lipinski definition) is 2. The predicted octanol–water partition coefficient (Wildman–Crippen LogP) is 0.707. The van der Waals surface area contributed by atoms with Crippen molar-refractivity contribution in [2.45, 2.75) is 13.3 Å². The molecule has 0 unspecified atom stereocenters. The molecule has 4 nitrogen and oxygen atoms in total. The van der Waals surface area contributed by atoms with E-state index >= 15 is 0 Å². The molecule has 1 aromatic heterocycles. The largest absolute Gasteiger partial charge is 0.481 e. The average Bonchev–Trinajstić information content (AvgIpc) is 2.06. The molecule has 0 aliphatic heterocycles. The van der Waals surface area contributed by atoms with Gasteiger partial charge < -0.3 is 10.2 Å². The lowest BCUT2D eigenvalue weighted by Crippen LogP contribution is -1.99. The molecule has 0 aromatic carbocycles. The Kier molecular flexibility index (Phi) is 6.45. The number of carbonyl (C=O) groups is 1. The van der Waals surface area contributed by atoms with Crippen LogP contribution >= 0.6 is 0 Å². The smallest absolute Gasteiger partial charge is 0.307 e. The topological polar surface area (TPSA) is 70.4 Å². The Balaban J connectivity index is 0.000000424. The Morgan fingerprint density at radius 3 is 2.62 bits per heavy atom.